The molecule has 1 heterocycles. The molecule has 0 spiro atoms. The van der Waals surface area contributed by atoms with Crippen molar-refractivity contribution in [2.45, 2.75) is 25.8 Å². The minimum absolute atomic E-state index is 0.396. The minimum atomic E-state index is 0.396. The van der Waals surface area contributed by atoms with E-state index in [0.717, 1.165) is 24.2 Å². The smallest absolute Gasteiger partial charge is 0.138 e. The van der Waals surface area contributed by atoms with Crippen LogP contribution in [-0.2, 0) is 0 Å². The number of hydrogen-bond acceptors (Lipinski definition) is 3. The molecule has 18 heavy (non-hydrogen) atoms. The van der Waals surface area contributed by atoms with Gasteiger partial charge in [0.1, 0.15) is 12.7 Å². The van der Waals surface area contributed by atoms with Crippen molar-refractivity contribution in [3.63, 3.8) is 0 Å². The summed E-state index contributed by atoms with van der Waals surface area (Å²) in [7, 11) is 0. The fourth-order valence-electron chi connectivity index (χ4n) is 1.83. The van der Waals surface area contributed by atoms with E-state index >= 15 is 0 Å². The van der Waals surface area contributed by atoms with Crippen LogP contribution in [-0.4, -0.2) is 20.8 Å². The van der Waals surface area contributed by atoms with Crippen LogP contribution in [0.3, 0.4) is 0 Å². The molecular formula is C14H18N4. The molecule has 1 aromatic carbocycles. The zero-order valence-corrected chi connectivity index (χ0v) is 10.6. The highest BCUT2D eigenvalue weighted by Crippen LogP contribution is 2.20. The van der Waals surface area contributed by atoms with Crippen LogP contribution in [0.15, 0.2) is 49.6 Å². The highest BCUT2D eigenvalue weighted by Gasteiger charge is 2.07. The van der Waals surface area contributed by atoms with E-state index < -0.39 is 0 Å². The van der Waals surface area contributed by atoms with Crippen molar-refractivity contribution in [1.82, 2.24) is 14.8 Å². The number of allylic oxidation sites excluding steroid dienone is 1. The molecule has 0 saturated heterocycles. The second kappa shape index (κ2) is 6.00. The van der Waals surface area contributed by atoms with Gasteiger partial charge >= 0.3 is 0 Å². The monoisotopic (exact) mass is 242 g/mol. The van der Waals surface area contributed by atoms with Gasteiger partial charge < -0.3 is 5.32 Å². The first-order valence-corrected chi connectivity index (χ1v) is 6.12. The average Bonchev–Trinajstić information content (AvgIpc) is 2.91. The second-order valence-corrected chi connectivity index (χ2v) is 4.27. The Morgan fingerprint density at radius 1 is 1.44 bits per heavy atom. The lowest BCUT2D eigenvalue weighted by molar-refractivity contribution is 0.717. The van der Waals surface area contributed by atoms with Crippen molar-refractivity contribution in [3.8, 4) is 5.69 Å². The molecule has 0 fully saturated rings. The summed E-state index contributed by atoms with van der Waals surface area (Å²) in [5.74, 6) is 0. The number of benzene rings is 1. The van der Waals surface area contributed by atoms with Gasteiger partial charge in [-0.15, -0.1) is 6.58 Å². The Kier molecular flexibility index (Phi) is 4.12. The van der Waals surface area contributed by atoms with Crippen LogP contribution in [0.4, 0.5) is 5.69 Å². The Bertz CT molecular complexity index is 490. The van der Waals surface area contributed by atoms with Gasteiger partial charge in [0.05, 0.1) is 11.4 Å². The van der Waals surface area contributed by atoms with Gasteiger partial charge in [-0.3, -0.25) is 0 Å². The molecule has 0 saturated carbocycles. The molecule has 2 aromatic rings. The van der Waals surface area contributed by atoms with E-state index in [0.29, 0.717) is 6.04 Å². The Hall–Kier alpha value is -2.10. The molecule has 0 amide bonds. The van der Waals surface area contributed by atoms with E-state index in [-0.39, 0.29) is 0 Å². The Morgan fingerprint density at radius 3 is 3.00 bits per heavy atom. The van der Waals surface area contributed by atoms with E-state index in [4.69, 9.17) is 0 Å². The second-order valence-electron chi connectivity index (χ2n) is 4.27. The van der Waals surface area contributed by atoms with E-state index in [9.17, 15) is 0 Å². The van der Waals surface area contributed by atoms with Crippen molar-refractivity contribution in [1.29, 1.82) is 0 Å². The Labute approximate surface area is 107 Å². The van der Waals surface area contributed by atoms with Crippen LogP contribution in [0.25, 0.3) is 5.69 Å². The number of nitrogens with zero attached hydrogens (tertiary/aromatic N) is 3. The number of aromatic nitrogens is 3. The molecule has 1 unspecified atom stereocenters. The first kappa shape index (κ1) is 12.4. The first-order valence-electron chi connectivity index (χ1n) is 6.12. The highest BCUT2D eigenvalue weighted by molar-refractivity contribution is 5.60. The Morgan fingerprint density at radius 2 is 2.28 bits per heavy atom. The summed E-state index contributed by atoms with van der Waals surface area (Å²) in [6.45, 7) is 5.92. The molecule has 2 rings (SSSR count). The summed E-state index contributed by atoms with van der Waals surface area (Å²) in [5.41, 5.74) is 2.08. The van der Waals surface area contributed by atoms with Crippen molar-refractivity contribution in [3.05, 3.63) is 49.6 Å². The molecule has 1 N–H and O–H groups in total. The Balaban J connectivity index is 2.15. The molecular weight excluding hydrogens is 224 g/mol. The quantitative estimate of drug-likeness (QED) is 0.792. The van der Waals surface area contributed by atoms with Gasteiger partial charge in [-0.2, -0.15) is 5.10 Å². The van der Waals surface area contributed by atoms with Crippen molar-refractivity contribution in [2.24, 2.45) is 0 Å². The summed E-state index contributed by atoms with van der Waals surface area (Å²) in [6.07, 6.45) is 7.27. The summed E-state index contributed by atoms with van der Waals surface area (Å²) >= 11 is 0. The summed E-state index contributed by atoms with van der Waals surface area (Å²) < 4.78 is 1.77. The molecule has 1 atom stereocenters. The molecule has 1 aromatic heterocycles. The van der Waals surface area contributed by atoms with Gasteiger partial charge in [-0.25, -0.2) is 9.67 Å². The molecule has 0 aliphatic heterocycles. The highest BCUT2D eigenvalue weighted by atomic mass is 15.3. The lowest BCUT2D eigenvalue weighted by atomic mass is 10.1. The van der Waals surface area contributed by atoms with Gasteiger partial charge in [-0.1, -0.05) is 18.2 Å². The van der Waals surface area contributed by atoms with Crippen LogP contribution in [0.5, 0.6) is 0 Å². The van der Waals surface area contributed by atoms with E-state index in [1.807, 2.05) is 24.3 Å². The number of para-hydroxylation sites is 2. The van der Waals surface area contributed by atoms with Crippen molar-refractivity contribution in [2.75, 3.05) is 5.32 Å². The first-order chi connectivity index (χ1) is 8.81. The number of anilines is 1. The predicted molar refractivity (Wildman–Crippen MR) is 73.9 cm³/mol. The van der Waals surface area contributed by atoms with Gasteiger partial charge in [0, 0.05) is 6.04 Å². The van der Waals surface area contributed by atoms with Gasteiger partial charge in [0.2, 0.25) is 0 Å². The zero-order chi connectivity index (χ0) is 12.8. The third kappa shape index (κ3) is 2.97. The SMILES string of the molecule is C=CCCC(C)Nc1ccccc1-n1cncn1. The largest absolute Gasteiger partial charge is 0.381 e. The number of nitrogens with one attached hydrogen (secondary N) is 1. The molecule has 0 aliphatic carbocycles. The third-order valence-corrected chi connectivity index (χ3v) is 2.78. The lowest BCUT2D eigenvalue weighted by Crippen LogP contribution is -2.16. The van der Waals surface area contributed by atoms with Gasteiger partial charge in [0.25, 0.3) is 0 Å². The zero-order valence-electron chi connectivity index (χ0n) is 10.6. The topological polar surface area (TPSA) is 42.7 Å². The van der Waals surface area contributed by atoms with Crippen LogP contribution in [0.2, 0.25) is 0 Å². The normalized spacial score (nSPS) is 12.1. The standard InChI is InChI=1S/C14H18N4/c1-3-4-7-12(2)17-13-8-5-6-9-14(13)18-11-15-10-16-18/h3,5-6,8-12,17H,1,4,7H2,2H3. The van der Waals surface area contributed by atoms with Crippen molar-refractivity contribution >= 4 is 5.69 Å². The maximum atomic E-state index is 4.17. The fourth-order valence-corrected chi connectivity index (χ4v) is 1.83. The average molecular weight is 242 g/mol. The maximum absolute atomic E-state index is 4.17. The molecule has 0 aliphatic rings. The van der Waals surface area contributed by atoms with Crippen LogP contribution >= 0.6 is 0 Å². The summed E-state index contributed by atoms with van der Waals surface area (Å²) in [5, 5.41) is 7.66. The van der Waals surface area contributed by atoms with E-state index in [1.165, 1.54) is 6.33 Å². The summed E-state index contributed by atoms with van der Waals surface area (Å²) in [4.78, 5) is 3.98. The van der Waals surface area contributed by atoms with Gasteiger partial charge in [0.15, 0.2) is 0 Å². The fraction of sp³-hybridized carbons (Fsp3) is 0.286. The van der Waals surface area contributed by atoms with E-state index in [2.05, 4.69) is 35.0 Å². The minimum Gasteiger partial charge on any atom is -0.381 e. The summed E-state index contributed by atoms with van der Waals surface area (Å²) in [6, 6.07) is 8.49. The van der Waals surface area contributed by atoms with Crippen molar-refractivity contribution < 1.29 is 0 Å². The lowest BCUT2D eigenvalue weighted by Gasteiger charge is -2.17. The van der Waals surface area contributed by atoms with Crippen LogP contribution < -0.4 is 5.32 Å². The van der Waals surface area contributed by atoms with Crippen LogP contribution in [0, 0.1) is 0 Å². The molecule has 94 valence electrons. The van der Waals surface area contributed by atoms with Crippen LogP contribution in [0.1, 0.15) is 19.8 Å². The maximum Gasteiger partial charge on any atom is 0.138 e. The number of rotatable bonds is 6. The van der Waals surface area contributed by atoms with Gasteiger partial charge in [-0.05, 0) is 31.9 Å². The third-order valence-electron chi connectivity index (χ3n) is 2.78. The van der Waals surface area contributed by atoms with E-state index in [1.54, 1.807) is 11.0 Å². The predicted octanol–water partition coefficient (Wildman–Crippen LogP) is 3.03. The number of hydrogen-bond donors (Lipinski definition) is 1. The molecule has 0 bridgehead atoms. The molecule has 0 radical (unpaired) electrons. The molecule has 4 nitrogen and oxygen atoms in total. The molecule has 4 heteroatoms.